The summed E-state index contributed by atoms with van der Waals surface area (Å²) in [4.78, 5) is 31.4. The van der Waals surface area contributed by atoms with E-state index in [1.807, 2.05) is 35.2 Å². The van der Waals surface area contributed by atoms with Crippen LogP contribution in [-0.2, 0) is 29.1 Å². The van der Waals surface area contributed by atoms with Gasteiger partial charge in [0, 0.05) is 63.6 Å². The number of nitrogens with one attached hydrogen (secondary N) is 1. The number of piperazine rings is 1. The molecule has 3 aromatic rings. The second kappa shape index (κ2) is 11.4. The molecule has 2 heterocycles. The molecule has 1 N–H and O–H groups in total. The fourth-order valence-electron chi connectivity index (χ4n) is 5.08. The first-order valence-corrected chi connectivity index (χ1v) is 12.9. The van der Waals surface area contributed by atoms with E-state index < -0.39 is 0 Å². The SMILES string of the molecule is O=C(Cc1ccc(N2CCCC2=O)cc1)NCc1ccccc1CN1CCN(c2ccccc2)CC1. The van der Waals surface area contributed by atoms with Crippen molar-refractivity contribution in [1.82, 2.24) is 10.2 Å². The van der Waals surface area contributed by atoms with Crippen molar-refractivity contribution in [2.45, 2.75) is 32.4 Å². The molecule has 36 heavy (non-hydrogen) atoms. The second-order valence-electron chi connectivity index (χ2n) is 9.64. The summed E-state index contributed by atoms with van der Waals surface area (Å²) < 4.78 is 0. The first-order valence-electron chi connectivity index (χ1n) is 12.9. The van der Waals surface area contributed by atoms with Crippen LogP contribution in [0.25, 0.3) is 0 Å². The summed E-state index contributed by atoms with van der Waals surface area (Å²) in [5.74, 6) is 0.184. The quantitative estimate of drug-likeness (QED) is 0.528. The molecular formula is C30H34N4O2. The van der Waals surface area contributed by atoms with Crippen molar-refractivity contribution in [2.75, 3.05) is 42.5 Å². The predicted molar refractivity (Wildman–Crippen MR) is 144 cm³/mol. The molecule has 0 bridgehead atoms. The highest BCUT2D eigenvalue weighted by atomic mass is 16.2. The Labute approximate surface area is 213 Å². The molecular weight excluding hydrogens is 448 g/mol. The van der Waals surface area contributed by atoms with Crippen LogP contribution in [0.2, 0.25) is 0 Å². The van der Waals surface area contributed by atoms with Gasteiger partial charge in [-0.3, -0.25) is 14.5 Å². The molecule has 2 fully saturated rings. The monoisotopic (exact) mass is 482 g/mol. The Morgan fingerprint density at radius 1 is 0.750 bits per heavy atom. The summed E-state index contributed by atoms with van der Waals surface area (Å²) >= 11 is 0. The minimum Gasteiger partial charge on any atom is -0.369 e. The standard InChI is InChI=1S/C30H34N4O2/c35-29(21-24-12-14-28(15-13-24)34-16-6-11-30(34)36)31-22-25-7-4-5-8-26(25)23-32-17-19-33(20-18-32)27-9-2-1-3-10-27/h1-5,7-10,12-15H,6,11,16-23H2,(H,31,35). The van der Waals surface area contributed by atoms with Crippen molar-refractivity contribution in [3.8, 4) is 0 Å². The molecule has 5 rings (SSSR count). The number of amides is 2. The molecule has 2 amide bonds. The van der Waals surface area contributed by atoms with Gasteiger partial charge in [-0.2, -0.15) is 0 Å². The van der Waals surface area contributed by atoms with E-state index in [4.69, 9.17) is 0 Å². The molecule has 0 atom stereocenters. The molecule has 2 aliphatic heterocycles. The number of carbonyl (C=O) groups excluding carboxylic acids is 2. The zero-order chi connectivity index (χ0) is 24.7. The van der Waals surface area contributed by atoms with E-state index in [0.29, 0.717) is 19.4 Å². The third kappa shape index (κ3) is 5.94. The maximum Gasteiger partial charge on any atom is 0.227 e. The third-order valence-electron chi connectivity index (χ3n) is 7.17. The van der Waals surface area contributed by atoms with Gasteiger partial charge in [-0.1, -0.05) is 54.6 Å². The van der Waals surface area contributed by atoms with Crippen LogP contribution in [0.4, 0.5) is 11.4 Å². The largest absolute Gasteiger partial charge is 0.369 e. The number of rotatable bonds is 8. The lowest BCUT2D eigenvalue weighted by Gasteiger charge is -2.36. The Hall–Kier alpha value is -3.64. The molecule has 3 aromatic carbocycles. The molecule has 2 aliphatic rings. The number of hydrogen-bond acceptors (Lipinski definition) is 4. The van der Waals surface area contributed by atoms with Crippen molar-refractivity contribution in [2.24, 2.45) is 0 Å². The number of hydrogen-bond donors (Lipinski definition) is 1. The minimum atomic E-state index is 0.00581. The van der Waals surface area contributed by atoms with Gasteiger partial charge in [0.2, 0.25) is 11.8 Å². The Bertz CT molecular complexity index is 1170. The molecule has 6 nitrogen and oxygen atoms in total. The summed E-state index contributed by atoms with van der Waals surface area (Å²) in [6.45, 7) is 6.29. The van der Waals surface area contributed by atoms with Crippen molar-refractivity contribution >= 4 is 23.2 Å². The Kier molecular flexibility index (Phi) is 7.62. The Morgan fingerprint density at radius 3 is 2.14 bits per heavy atom. The topological polar surface area (TPSA) is 55.9 Å². The molecule has 186 valence electrons. The van der Waals surface area contributed by atoms with Crippen LogP contribution in [0.15, 0.2) is 78.9 Å². The highest BCUT2D eigenvalue weighted by Gasteiger charge is 2.21. The van der Waals surface area contributed by atoms with Gasteiger partial charge in [-0.25, -0.2) is 0 Å². The molecule has 0 radical (unpaired) electrons. The summed E-state index contributed by atoms with van der Waals surface area (Å²) in [6.07, 6.45) is 1.86. The lowest BCUT2D eigenvalue weighted by molar-refractivity contribution is -0.120. The van der Waals surface area contributed by atoms with Crippen LogP contribution in [0.3, 0.4) is 0 Å². The van der Waals surface area contributed by atoms with Crippen LogP contribution in [0, 0.1) is 0 Å². The number of nitrogens with zero attached hydrogens (tertiary/aromatic N) is 3. The van der Waals surface area contributed by atoms with E-state index in [1.54, 1.807) is 0 Å². The van der Waals surface area contributed by atoms with Gasteiger partial charge in [-0.05, 0) is 47.4 Å². The second-order valence-corrected chi connectivity index (χ2v) is 9.64. The highest BCUT2D eigenvalue weighted by Crippen LogP contribution is 2.22. The molecule has 0 aliphatic carbocycles. The fourth-order valence-corrected chi connectivity index (χ4v) is 5.08. The van der Waals surface area contributed by atoms with Gasteiger partial charge in [-0.15, -0.1) is 0 Å². The lowest BCUT2D eigenvalue weighted by atomic mass is 10.1. The van der Waals surface area contributed by atoms with Crippen LogP contribution in [0.5, 0.6) is 0 Å². The van der Waals surface area contributed by atoms with E-state index in [1.165, 1.54) is 16.8 Å². The van der Waals surface area contributed by atoms with Gasteiger partial charge >= 0.3 is 0 Å². The number of carbonyl (C=O) groups is 2. The molecule has 6 heteroatoms. The van der Waals surface area contributed by atoms with Crippen molar-refractivity contribution in [1.29, 1.82) is 0 Å². The van der Waals surface area contributed by atoms with Gasteiger partial charge in [0.25, 0.3) is 0 Å². The fraction of sp³-hybridized carbons (Fsp3) is 0.333. The van der Waals surface area contributed by atoms with E-state index in [-0.39, 0.29) is 11.8 Å². The average Bonchev–Trinajstić information content (AvgIpc) is 3.35. The number of anilines is 2. The van der Waals surface area contributed by atoms with E-state index in [2.05, 4.69) is 63.6 Å². The van der Waals surface area contributed by atoms with Crippen LogP contribution in [-0.4, -0.2) is 49.4 Å². The van der Waals surface area contributed by atoms with Crippen molar-refractivity contribution in [3.63, 3.8) is 0 Å². The Morgan fingerprint density at radius 2 is 1.44 bits per heavy atom. The third-order valence-corrected chi connectivity index (χ3v) is 7.17. The van der Waals surface area contributed by atoms with Gasteiger partial charge in [0.05, 0.1) is 6.42 Å². The summed E-state index contributed by atoms with van der Waals surface area (Å²) in [5, 5.41) is 3.10. The highest BCUT2D eigenvalue weighted by molar-refractivity contribution is 5.95. The minimum absolute atomic E-state index is 0.00581. The molecule has 0 saturated carbocycles. The first-order chi connectivity index (χ1) is 17.7. The number of benzene rings is 3. The van der Waals surface area contributed by atoms with Crippen molar-refractivity contribution < 1.29 is 9.59 Å². The normalized spacial score (nSPS) is 16.4. The van der Waals surface area contributed by atoms with E-state index in [9.17, 15) is 9.59 Å². The zero-order valence-corrected chi connectivity index (χ0v) is 20.7. The molecule has 0 unspecified atom stereocenters. The number of para-hydroxylation sites is 1. The van der Waals surface area contributed by atoms with Gasteiger partial charge < -0.3 is 15.1 Å². The maximum absolute atomic E-state index is 12.7. The molecule has 0 spiro atoms. The van der Waals surface area contributed by atoms with E-state index >= 15 is 0 Å². The lowest BCUT2D eigenvalue weighted by Crippen LogP contribution is -2.46. The average molecular weight is 483 g/mol. The first kappa shape index (κ1) is 24.1. The van der Waals surface area contributed by atoms with Gasteiger partial charge in [0.15, 0.2) is 0 Å². The molecule has 2 saturated heterocycles. The van der Waals surface area contributed by atoms with Crippen LogP contribution < -0.4 is 15.1 Å². The predicted octanol–water partition coefficient (Wildman–Crippen LogP) is 3.99. The summed E-state index contributed by atoms with van der Waals surface area (Å²) in [6, 6.07) is 26.8. The van der Waals surface area contributed by atoms with E-state index in [0.717, 1.165) is 56.9 Å². The van der Waals surface area contributed by atoms with Crippen LogP contribution in [0.1, 0.15) is 29.5 Å². The maximum atomic E-state index is 12.7. The summed E-state index contributed by atoms with van der Waals surface area (Å²) in [7, 11) is 0. The van der Waals surface area contributed by atoms with Gasteiger partial charge in [0.1, 0.15) is 0 Å². The Balaban J connectivity index is 1.11. The molecule has 0 aromatic heterocycles. The summed E-state index contributed by atoms with van der Waals surface area (Å²) in [5.41, 5.74) is 5.59. The van der Waals surface area contributed by atoms with Crippen molar-refractivity contribution in [3.05, 3.63) is 95.6 Å². The zero-order valence-electron chi connectivity index (χ0n) is 20.7. The van der Waals surface area contributed by atoms with Crippen LogP contribution >= 0.6 is 0 Å². The smallest absolute Gasteiger partial charge is 0.227 e.